The van der Waals surface area contributed by atoms with E-state index in [0.717, 1.165) is 6.54 Å². The molecule has 0 rings (SSSR count). The summed E-state index contributed by atoms with van der Waals surface area (Å²) in [7, 11) is 5.17. The molecule has 0 heterocycles. The van der Waals surface area contributed by atoms with Gasteiger partial charge in [-0.3, -0.25) is 0 Å². The number of hydrogen-bond donors (Lipinski definition) is 1. The van der Waals surface area contributed by atoms with Gasteiger partial charge in [-0.2, -0.15) is 0 Å². The van der Waals surface area contributed by atoms with Crippen LogP contribution in [0.2, 0.25) is 0 Å². The first kappa shape index (κ1) is 17.8. The lowest BCUT2D eigenvalue weighted by Crippen LogP contribution is -2.34. The van der Waals surface area contributed by atoms with Crippen molar-refractivity contribution in [1.82, 2.24) is 4.90 Å². The second kappa shape index (κ2) is 13.2. The molecule has 0 aromatic heterocycles. The minimum absolute atomic E-state index is 0.360. The van der Waals surface area contributed by atoms with Crippen LogP contribution in [0.3, 0.4) is 0 Å². The van der Waals surface area contributed by atoms with Crippen LogP contribution in [0.15, 0.2) is 0 Å². The van der Waals surface area contributed by atoms with Gasteiger partial charge in [-0.15, -0.1) is 0 Å². The minimum Gasteiger partial charge on any atom is -0.389 e. The summed E-state index contributed by atoms with van der Waals surface area (Å²) in [6.45, 7) is 4.73. The highest BCUT2D eigenvalue weighted by Gasteiger charge is 2.07. The number of ether oxygens (including phenoxy) is 4. The third kappa shape index (κ3) is 12.2. The smallest absolute Gasteiger partial charge is 0.0899 e. The van der Waals surface area contributed by atoms with Crippen LogP contribution < -0.4 is 0 Å². The van der Waals surface area contributed by atoms with E-state index in [-0.39, 0.29) is 0 Å². The SMILES string of the molecule is COCCOCCOCCN(C)CC(O)COC. The maximum absolute atomic E-state index is 9.50. The van der Waals surface area contributed by atoms with Crippen molar-refractivity contribution in [2.75, 3.05) is 74.0 Å². The minimum atomic E-state index is -0.447. The van der Waals surface area contributed by atoms with Crippen molar-refractivity contribution in [2.45, 2.75) is 6.10 Å². The Kier molecular flexibility index (Phi) is 13.0. The first-order valence-corrected chi connectivity index (χ1v) is 6.20. The van der Waals surface area contributed by atoms with Crippen molar-refractivity contribution in [2.24, 2.45) is 0 Å². The largest absolute Gasteiger partial charge is 0.389 e. The molecule has 1 unspecified atom stereocenters. The fraction of sp³-hybridized carbons (Fsp3) is 1.00. The lowest BCUT2D eigenvalue weighted by Gasteiger charge is -2.19. The summed E-state index contributed by atoms with van der Waals surface area (Å²) in [4.78, 5) is 2.01. The molecule has 0 bridgehead atoms. The fourth-order valence-electron chi connectivity index (χ4n) is 1.38. The van der Waals surface area contributed by atoms with E-state index in [4.69, 9.17) is 18.9 Å². The summed E-state index contributed by atoms with van der Waals surface area (Å²) in [6.07, 6.45) is -0.447. The van der Waals surface area contributed by atoms with Crippen LogP contribution >= 0.6 is 0 Å². The van der Waals surface area contributed by atoms with Crippen LogP contribution in [0.4, 0.5) is 0 Å². The van der Waals surface area contributed by atoms with Gasteiger partial charge in [0.05, 0.1) is 45.7 Å². The molecular weight excluding hydrogens is 238 g/mol. The van der Waals surface area contributed by atoms with Crippen LogP contribution in [-0.2, 0) is 18.9 Å². The molecule has 0 aromatic rings. The summed E-state index contributed by atoms with van der Waals surface area (Å²) < 4.78 is 20.4. The molecule has 0 saturated heterocycles. The van der Waals surface area contributed by atoms with Gasteiger partial charge >= 0.3 is 0 Å². The number of aliphatic hydroxyl groups excluding tert-OH is 1. The van der Waals surface area contributed by atoms with E-state index in [2.05, 4.69) is 0 Å². The Labute approximate surface area is 110 Å². The molecule has 6 heteroatoms. The quantitative estimate of drug-likeness (QED) is 0.458. The van der Waals surface area contributed by atoms with Gasteiger partial charge in [0.2, 0.25) is 0 Å². The van der Waals surface area contributed by atoms with Crippen molar-refractivity contribution < 1.29 is 24.1 Å². The van der Waals surface area contributed by atoms with Crippen LogP contribution in [0.5, 0.6) is 0 Å². The molecule has 0 amide bonds. The summed E-state index contributed by atoms with van der Waals surface area (Å²) >= 11 is 0. The van der Waals surface area contributed by atoms with Crippen molar-refractivity contribution >= 4 is 0 Å². The van der Waals surface area contributed by atoms with E-state index < -0.39 is 6.10 Å². The molecule has 1 N–H and O–H groups in total. The Bertz CT molecular complexity index is 171. The van der Waals surface area contributed by atoms with Gasteiger partial charge in [0.25, 0.3) is 0 Å². The first-order valence-electron chi connectivity index (χ1n) is 6.20. The fourth-order valence-corrected chi connectivity index (χ4v) is 1.38. The predicted octanol–water partition coefficient (Wildman–Crippen LogP) is -0.395. The molecule has 0 aliphatic heterocycles. The third-order valence-electron chi connectivity index (χ3n) is 2.30. The molecule has 6 nitrogen and oxygen atoms in total. The molecule has 0 radical (unpaired) electrons. The highest BCUT2D eigenvalue weighted by atomic mass is 16.5. The molecule has 0 aliphatic rings. The Morgan fingerprint density at radius 3 is 2.17 bits per heavy atom. The summed E-state index contributed by atoms with van der Waals surface area (Å²) in [5.74, 6) is 0. The Hall–Kier alpha value is -0.240. The highest BCUT2D eigenvalue weighted by molar-refractivity contribution is 4.59. The maximum atomic E-state index is 9.50. The van der Waals surface area contributed by atoms with E-state index in [1.807, 2.05) is 11.9 Å². The number of aliphatic hydroxyl groups is 1. The predicted molar refractivity (Wildman–Crippen MR) is 68.9 cm³/mol. The second-order valence-electron chi connectivity index (χ2n) is 4.09. The van der Waals surface area contributed by atoms with Gasteiger partial charge in [0, 0.05) is 27.3 Å². The third-order valence-corrected chi connectivity index (χ3v) is 2.30. The number of likely N-dealkylation sites (N-methyl/N-ethyl adjacent to an activating group) is 1. The standard InChI is InChI=1S/C12H27NO5/c1-13(10-12(14)11-16-3)4-5-17-8-9-18-7-6-15-2/h12,14H,4-11H2,1-3H3. The zero-order valence-electron chi connectivity index (χ0n) is 11.8. The lowest BCUT2D eigenvalue weighted by molar-refractivity contribution is 0.0126. The van der Waals surface area contributed by atoms with Crippen LogP contribution in [-0.4, -0.2) is 90.1 Å². The van der Waals surface area contributed by atoms with Crippen molar-refractivity contribution in [3.63, 3.8) is 0 Å². The normalized spacial score (nSPS) is 13.2. The van der Waals surface area contributed by atoms with Crippen LogP contribution in [0, 0.1) is 0 Å². The number of nitrogens with zero attached hydrogens (tertiary/aromatic N) is 1. The number of hydrogen-bond acceptors (Lipinski definition) is 6. The molecule has 110 valence electrons. The Morgan fingerprint density at radius 1 is 0.944 bits per heavy atom. The average molecular weight is 265 g/mol. The van der Waals surface area contributed by atoms with E-state index >= 15 is 0 Å². The van der Waals surface area contributed by atoms with Crippen molar-refractivity contribution in [3.05, 3.63) is 0 Å². The molecule has 0 aliphatic carbocycles. The zero-order valence-corrected chi connectivity index (χ0v) is 11.8. The second-order valence-corrected chi connectivity index (χ2v) is 4.09. The molecule has 0 fully saturated rings. The zero-order chi connectivity index (χ0) is 13.6. The molecule has 0 aromatic carbocycles. The Balaban J connectivity index is 3.22. The van der Waals surface area contributed by atoms with Crippen molar-refractivity contribution in [1.29, 1.82) is 0 Å². The van der Waals surface area contributed by atoms with Gasteiger partial charge in [0.1, 0.15) is 0 Å². The molecule has 18 heavy (non-hydrogen) atoms. The molecule has 0 saturated carbocycles. The first-order chi connectivity index (χ1) is 8.70. The molecular formula is C12H27NO5. The van der Waals surface area contributed by atoms with Gasteiger partial charge in [-0.25, -0.2) is 0 Å². The number of methoxy groups -OCH3 is 2. The summed E-state index contributed by atoms with van der Waals surface area (Å²) in [5.41, 5.74) is 0. The van der Waals surface area contributed by atoms with E-state index in [9.17, 15) is 5.11 Å². The lowest BCUT2D eigenvalue weighted by atomic mass is 10.3. The van der Waals surface area contributed by atoms with Crippen LogP contribution in [0.25, 0.3) is 0 Å². The maximum Gasteiger partial charge on any atom is 0.0899 e. The summed E-state index contributed by atoms with van der Waals surface area (Å²) in [6, 6.07) is 0. The van der Waals surface area contributed by atoms with E-state index in [1.54, 1.807) is 14.2 Å². The van der Waals surface area contributed by atoms with Crippen LogP contribution in [0.1, 0.15) is 0 Å². The highest BCUT2D eigenvalue weighted by Crippen LogP contribution is 1.90. The van der Waals surface area contributed by atoms with Gasteiger partial charge < -0.3 is 29.0 Å². The topological polar surface area (TPSA) is 60.4 Å². The van der Waals surface area contributed by atoms with E-state index in [1.165, 1.54) is 0 Å². The van der Waals surface area contributed by atoms with Gasteiger partial charge in [0.15, 0.2) is 0 Å². The molecule has 1 atom stereocenters. The average Bonchev–Trinajstić information content (AvgIpc) is 2.32. The molecule has 0 spiro atoms. The summed E-state index contributed by atoms with van der Waals surface area (Å²) in [5, 5.41) is 9.50. The van der Waals surface area contributed by atoms with Gasteiger partial charge in [-0.1, -0.05) is 0 Å². The monoisotopic (exact) mass is 265 g/mol. The van der Waals surface area contributed by atoms with Crippen molar-refractivity contribution in [3.8, 4) is 0 Å². The van der Waals surface area contributed by atoms with Gasteiger partial charge in [-0.05, 0) is 7.05 Å². The van der Waals surface area contributed by atoms with E-state index in [0.29, 0.717) is 46.2 Å². The number of rotatable bonds is 13. The Morgan fingerprint density at radius 2 is 1.56 bits per heavy atom.